The van der Waals surface area contributed by atoms with E-state index < -0.39 is 12.0 Å². The zero-order chi connectivity index (χ0) is 13.8. The lowest BCUT2D eigenvalue weighted by atomic mass is 10.1. The van der Waals surface area contributed by atoms with Gasteiger partial charge in [0.25, 0.3) is 0 Å². The summed E-state index contributed by atoms with van der Waals surface area (Å²) in [5.74, 6) is -0.624. The van der Waals surface area contributed by atoms with Gasteiger partial charge in [-0.25, -0.2) is 4.79 Å². The Morgan fingerprint density at radius 3 is 2.47 bits per heavy atom. The van der Waals surface area contributed by atoms with Crippen LogP contribution in [-0.4, -0.2) is 17.0 Å². The average Bonchev–Trinajstić information content (AvgIpc) is 3.18. The van der Waals surface area contributed by atoms with E-state index in [2.05, 4.69) is 5.32 Å². The molecule has 1 unspecified atom stereocenters. The fourth-order valence-corrected chi connectivity index (χ4v) is 2.04. The Kier molecular flexibility index (Phi) is 4.43. The quantitative estimate of drug-likeness (QED) is 0.842. The molecule has 2 rings (SSSR count). The van der Waals surface area contributed by atoms with Gasteiger partial charge in [0, 0.05) is 11.4 Å². The van der Waals surface area contributed by atoms with Crippen molar-refractivity contribution < 1.29 is 14.7 Å². The average molecular weight is 282 g/mol. The Labute approximate surface area is 116 Å². The Morgan fingerprint density at radius 2 is 1.95 bits per heavy atom. The normalized spacial score (nSPS) is 15.8. The van der Waals surface area contributed by atoms with Crippen LogP contribution in [0.5, 0.6) is 0 Å². The van der Waals surface area contributed by atoms with Crippen LogP contribution in [0, 0.1) is 5.92 Å². The van der Waals surface area contributed by atoms with Gasteiger partial charge in [0.05, 0.1) is 0 Å². The van der Waals surface area contributed by atoms with Crippen LogP contribution < -0.4 is 5.32 Å². The molecule has 0 heterocycles. The monoisotopic (exact) mass is 281 g/mol. The van der Waals surface area contributed by atoms with Gasteiger partial charge in [-0.05, 0) is 30.0 Å². The molecule has 1 aliphatic rings. The largest absolute Gasteiger partial charge is 0.479 e. The first-order valence-electron chi connectivity index (χ1n) is 6.34. The highest BCUT2D eigenvalue weighted by Crippen LogP contribution is 2.33. The standard InChI is InChI=1S/C14H16ClNO3/c15-11-6-4-10(5-7-11)13(14(18)19)16-12(17)8-3-9-1-2-9/h4-7,9,13H,1-3,8H2,(H,16,17)(H,18,19). The van der Waals surface area contributed by atoms with Crippen molar-refractivity contribution in [2.75, 3.05) is 0 Å². The molecule has 1 saturated carbocycles. The van der Waals surface area contributed by atoms with E-state index in [9.17, 15) is 14.7 Å². The maximum Gasteiger partial charge on any atom is 0.330 e. The zero-order valence-electron chi connectivity index (χ0n) is 10.4. The number of carbonyl (C=O) groups excluding carboxylic acids is 1. The van der Waals surface area contributed by atoms with Crippen LogP contribution in [-0.2, 0) is 9.59 Å². The van der Waals surface area contributed by atoms with Crippen LogP contribution in [0.3, 0.4) is 0 Å². The van der Waals surface area contributed by atoms with E-state index in [1.807, 2.05) is 0 Å². The number of benzene rings is 1. The molecule has 1 aromatic rings. The highest BCUT2D eigenvalue weighted by atomic mass is 35.5. The van der Waals surface area contributed by atoms with Gasteiger partial charge in [0.1, 0.15) is 0 Å². The smallest absolute Gasteiger partial charge is 0.330 e. The molecule has 19 heavy (non-hydrogen) atoms. The third-order valence-electron chi connectivity index (χ3n) is 3.23. The van der Waals surface area contributed by atoms with Crippen molar-refractivity contribution in [3.8, 4) is 0 Å². The number of hydrogen-bond donors (Lipinski definition) is 2. The number of carbonyl (C=O) groups is 2. The van der Waals surface area contributed by atoms with Crippen molar-refractivity contribution in [2.24, 2.45) is 5.92 Å². The molecule has 102 valence electrons. The van der Waals surface area contributed by atoms with Crippen molar-refractivity contribution in [1.82, 2.24) is 5.32 Å². The summed E-state index contributed by atoms with van der Waals surface area (Å²) in [4.78, 5) is 23.0. The fourth-order valence-electron chi connectivity index (χ4n) is 1.92. The van der Waals surface area contributed by atoms with Crippen LogP contribution in [0.2, 0.25) is 5.02 Å². The number of hydrogen-bond acceptors (Lipinski definition) is 2. The minimum atomic E-state index is -1.07. The van der Waals surface area contributed by atoms with Gasteiger partial charge in [-0.15, -0.1) is 0 Å². The Morgan fingerprint density at radius 1 is 1.32 bits per heavy atom. The molecule has 1 amide bonds. The van der Waals surface area contributed by atoms with Gasteiger partial charge in [-0.3, -0.25) is 4.79 Å². The van der Waals surface area contributed by atoms with E-state index in [0.717, 1.165) is 6.42 Å². The Balaban J connectivity index is 1.96. The fraction of sp³-hybridized carbons (Fsp3) is 0.429. The highest BCUT2D eigenvalue weighted by molar-refractivity contribution is 6.30. The number of amides is 1. The second kappa shape index (κ2) is 6.06. The molecular formula is C14H16ClNO3. The maximum absolute atomic E-state index is 11.7. The number of carboxylic acids is 1. The van der Waals surface area contributed by atoms with E-state index >= 15 is 0 Å². The van der Waals surface area contributed by atoms with Gasteiger partial charge in [-0.1, -0.05) is 36.6 Å². The first-order valence-corrected chi connectivity index (χ1v) is 6.71. The van der Waals surface area contributed by atoms with Gasteiger partial charge in [0.2, 0.25) is 5.91 Å². The summed E-state index contributed by atoms with van der Waals surface area (Å²) in [6.45, 7) is 0. The molecule has 0 aliphatic heterocycles. The number of aliphatic carboxylic acids is 1. The molecule has 1 fully saturated rings. The van der Waals surface area contributed by atoms with Crippen LogP contribution in [0.25, 0.3) is 0 Å². The van der Waals surface area contributed by atoms with Crippen molar-refractivity contribution >= 4 is 23.5 Å². The van der Waals surface area contributed by atoms with Crippen molar-refractivity contribution in [2.45, 2.75) is 31.7 Å². The second-order valence-electron chi connectivity index (χ2n) is 4.87. The third-order valence-corrected chi connectivity index (χ3v) is 3.48. The number of halogens is 1. The van der Waals surface area contributed by atoms with E-state index in [-0.39, 0.29) is 5.91 Å². The minimum absolute atomic E-state index is 0.214. The second-order valence-corrected chi connectivity index (χ2v) is 5.31. The lowest BCUT2D eigenvalue weighted by molar-refractivity contribution is -0.142. The van der Waals surface area contributed by atoms with E-state index in [4.69, 9.17) is 11.6 Å². The van der Waals surface area contributed by atoms with Crippen LogP contribution >= 0.6 is 11.6 Å². The van der Waals surface area contributed by atoms with Crippen molar-refractivity contribution in [3.63, 3.8) is 0 Å². The van der Waals surface area contributed by atoms with Gasteiger partial charge in [0.15, 0.2) is 6.04 Å². The molecule has 0 saturated heterocycles. The summed E-state index contributed by atoms with van der Waals surface area (Å²) in [7, 11) is 0. The lowest BCUT2D eigenvalue weighted by Crippen LogP contribution is -2.33. The van der Waals surface area contributed by atoms with Crippen molar-refractivity contribution in [1.29, 1.82) is 0 Å². The molecule has 1 aromatic carbocycles. The highest BCUT2D eigenvalue weighted by Gasteiger charge is 2.25. The molecule has 0 aromatic heterocycles. The third kappa shape index (κ3) is 4.24. The molecular weight excluding hydrogens is 266 g/mol. The van der Waals surface area contributed by atoms with Crippen LogP contribution in [0.4, 0.5) is 0 Å². The van der Waals surface area contributed by atoms with Crippen LogP contribution in [0.1, 0.15) is 37.3 Å². The molecule has 5 heteroatoms. The summed E-state index contributed by atoms with van der Waals surface area (Å²) >= 11 is 5.76. The SMILES string of the molecule is O=C(CCC1CC1)NC(C(=O)O)c1ccc(Cl)cc1. The Hall–Kier alpha value is -1.55. The summed E-state index contributed by atoms with van der Waals surface area (Å²) in [5.41, 5.74) is 0.525. The summed E-state index contributed by atoms with van der Waals surface area (Å²) < 4.78 is 0. The molecule has 0 bridgehead atoms. The first-order chi connectivity index (χ1) is 9.06. The number of rotatable bonds is 6. The number of carboxylic acid groups (broad SMARTS) is 1. The first kappa shape index (κ1) is 13.9. The summed E-state index contributed by atoms with van der Waals surface area (Å²) in [5, 5.41) is 12.3. The van der Waals surface area contributed by atoms with Gasteiger partial charge >= 0.3 is 5.97 Å². The zero-order valence-corrected chi connectivity index (χ0v) is 11.2. The van der Waals surface area contributed by atoms with E-state index in [1.54, 1.807) is 24.3 Å². The van der Waals surface area contributed by atoms with E-state index in [1.165, 1.54) is 12.8 Å². The molecule has 1 atom stereocenters. The van der Waals surface area contributed by atoms with E-state index in [0.29, 0.717) is 22.9 Å². The predicted molar refractivity (Wildman–Crippen MR) is 71.9 cm³/mol. The lowest BCUT2D eigenvalue weighted by Gasteiger charge is -2.15. The molecule has 2 N–H and O–H groups in total. The summed E-state index contributed by atoms with van der Waals surface area (Å²) in [6.07, 6.45) is 3.61. The van der Waals surface area contributed by atoms with Crippen molar-refractivity contribution in [3.05, 3.63) is 34.9 Å². The topological polar surface area (TPSA) is 66.4 Å². The van der Waals surface area contributed by atoms with Gasteiger partial charge in [-0.2, -0.15) is 0 Å². The minimum Gasteiger partial charge on any atom is -0.479 e. The maximum atomic E-state index is 11.7. The van der Waals surface area contributed by atoms with Gasteiger partial charge < -0.3 is 10.4 Å². The molecule has 0 spiro atoms. The predicted octanol–water partition coefficient (Wildman–Crippen LogP) is 2.77. The number of nitrogens with one attached hydrogen (secondary N) is 1. The molecule has 4 nitrogen and oxygen atoms in total. The Bertz CT molecular complexity index is 468. The molecule has 1 aliphatic carbocycles. The summed E-state index contributed by atoms with van der Waals surface area (Å²) in [6, 6.07) is 5.45. The van der Waals surface area contributed by atoms with Crippen LogP contribution in [0.15, 0.2) is 24.3 Å². The molecule has 0 radical (unpaired) electrons.